The monoisotopic (exact) mass is 522 g/mol. The first-order valence-corrected chi connectivity index (χ1v) is 12.5. The maximum Gasteiger partial charge on any atom is 0.0890 e. The minimum Gasteiger partial charge on any atom is -0.381 e. The highest BCUT2D eigenvalue weighted by atomic mass is 127. The number of unbranched alkanes of at least 4 members (excludes halogenated alkanes) is 15. The highest BCUT2D eigenvalue weighted by molar-refractivity contribution is 14.0. The van der Waals surface area contributed by atoms with E-state index in [4.69, 9.17) is 4.74 Å². The van der Waals surface area contributed by atoms with Crippen molar-refractivity contribution in [2.24, 2.45) is 0 Å². The summed E-state index contributed by atoms with van der Waals surface area (Å²) >= 11 is 0. The van der Waals surface area contributed by atoms with Gasteiger partial charge in [0.1, 0.15) is 0 Å². The largest absolute Gasteiger partial charge is 0.381 e. The van der Waals surface area contributed by atoms with Gasteiger partial charge in [-0.25, -0.2) is 0 Å². The molecule has 0 N–H and O–H groups in total. The summed E-state index contributed by atoms with van der Waals surface area (Å²) in [6, 6.07) is 0. The molecule has 1 rings (SSSR count). The normalized spacial score (nSPS) is 13.3. The Balaban J connectivity index is 0.00000784. The van der Waals surface area contributed by atoms with Crippen molar-refractivity contribution in [2.75, 3.05) is 33.5 Å². The Morgan fingerprint density at radius 2 is 1.07 bits per heavy atom. The van der Waals surface area contributed by atoms with Crippen LogP contribution in [0.25, 0.3) is 0 Å². The summed E-state index contributed by atoms with van der Waals surface area (Å²) < 4.78 is 5.78. The lowest BCUT2D eigenvalue weighted by Crippen LogP contribution is -2.24. The van der Waals surface area contributed by atoms with E-state index < -0.39 is 0 Å². The van der Waals surface area contributed by atoms with E-state index >= 15 is 0 Å². The van der Waals surface area contributed by atoms with Crippen LogP contribution in [0.5, 0.6) is 0 Å². The number of hydrogen-bond donors (Lipinski definition) is 0. The molecule has 0 atom stereocenters. The fourth-order valence-corrected chi connectivity index (χ4v) is 3.96. The molecule has 0 saturated carbocycles. The van der Waals surface area contributed by atoms with Gasteiger partial charge in [0.05, 0.1) is 6.67 Å². The van der Waals surface area contributed by atoms with Gasteiger partial charge in [0.25, 0.3) is 0 Å². The first-order valence-electron chi connectivity index (χ1n) is 12.5. The molecule has 0 amide bonds. The predicted molar refractivity (Wildman–Crippen MR) is 139 cm³/mol. The Morgan fingerprint density at radius 1 is 0.621 bits per heavy atom. The molecule has 29 heavy (non-hydrogen) atoms. The number of rotatable bonds is 21. The molecule has 1 heterocycles. The Kier molecular flexibility index (Phi) is 22.7. The summed E-state index contributed by atoms with van der Waals surface area (Å²) in [6.45, 7) is 6.30. The van der Waals surface area contributed by atoms with E-state index in [0.29, 0.717) is 0 Å². The Hall–Kier alpha value is 0.0300. The average Bonchev–Trinajstić information content (AvgIpc) is 3.11. The molecular weight excluding hydrogens is 471 g/mol. The number of nitrogens with zero attached hydrogens (tertiary/aromatic N) is 2. The third kappa shape index (κ3) is 19.7. The zero-order chi connectivity index (χ0) is 20.1. The van der Waals surface area contributed by atoms with Crippen LogP contribution in [-0.4, -0.2) is 43.3 Å². The van der Waals surface area contributed by atoms with Crippen LogP contribution in [0, 0.1) is 0 Å². The fraction of sp³-hybridized carbons (Fsp3) is 0.920. The molecule has 0 radical (unpaired) electrons. The van der Waals surface area contributed by atoms with Gasteiger partial charge in [-0.1, -0.05) is 103 Å². The van der Waals surface area contributed by atoms with Crippen molar-refractivity contribution in [2.45, 2.75) is 116 Å². The van der Waals surface area contributed by atoms with Crippen LogP contribution < -0.4 is 0 Å². The second kappa shape index (κ2) is 22.7. The van der Waals surface area contributed by atoms with E-state index in [1.165, 1.54) is 103 Å². The molecular formula is C25H51IN2O. The van der Waals surface area contributed by atoms with E-state index in [0.717, 1.165) is 32.8 Å². The molecule has 3 nitrogen and oxygen atoms in total. The third-order valence-electron chi connectivity index (χ3n) is 5.81. The lowest BCUT2D eigenvalue weighted by atomic mass is 10.0. The molecule has 0 spiro atoms. The molecule has 0 fully saturated rings. The summed E-state index contributed by atoms with van der Waals surface area (Å²) in [7, 11) is 2.12. The van der Waals surface area contributed by atoms with Crippen molar-refractivity contribution in [1.82, 2.24) is 9.80 Å². The highest BCUT2D eigenvalue weighted by Gasteiger charge is 2.06. The molecule has 0 unspecified atom stereocenters. The molecule has 1 aliphatic rings. The van der Waals surface area contributed by atoms with E-state index in [2.05, 4.69) is 36.2 Å². The van der Waals surface area contributed by atoms with Gasteiger partial charge in [0, 0.05) is 39.2 Å². The van der Waals surface area contributed by atoms with Gasteiger partial charge in [0.2, 0.25) is 0 Å². The van der Waals surface area contributed by atoms with Gasteiger partial charge in [-0.2, -0.15) is 0 Å². The Morgan fingerprint density at radius 3 is 1.52 bits per heavy atom. The summed E-state index contributed by atoms with van der Waals surface area (Å²) in [5.74, 6) is 0. The summed E-state index contributed by atoms with van der Waals surface area (Å²) in [6.07, 6.45) is 28.3. The Bertz CT molecular complexity index is 352. The fourth-order valence-electron chi connectivity index (χ4n) is 3.96. The van der Waals surface area contributed by atoms with Crippen LogP contribution in [0.3, 0.4) is 0 Å². The van der Waals surface area contributed by atoms with Crippen LogP contribution in [-0.2, 0) is 4.74 Å². The number of ether oxygens (including phenoxy) is 1. The molecule has 0 aromatic heterocycles. The molecule has 0 aromatic rings. The first kappa shape index (κ1) is 29.0. The van der Waals surface area contributed by atoms with E-state index in [9.17, 15) is 0 Å². The summed E-state index contributed by atoms with van der Waals surface area (Å²) in [5.41, 5.74) is 0. The maximum atomic E-state index is 5.78. The van der Waals surface area contributed by atoms with E-state index in [1.807, 2.05) is 0 Å². The second-order valence-electron chi connectivity index (χ2n) is 8.78. The minimum atomic E-state index is 0. The molecule has 0 bridgehead atoms. The van der Waals surface area contributed by atoms with Gasteiger partial charge in [0.15, 0.2) is 0 Å². The van der Waals surface area contributed by atoms with Crippen molar-refractivity contribution in [1.29, 1.82) is 0 Å². The van der Waals surface area contributed by atoms with Crippen molar-refractivity contribution in [3.63, 3.8) is 0 Å². The molecule has 174 valence electrons. The Labute approximate surface area is 200 Å². The maximum absolute atomic E-state index is 5.78. The topological polar surface area (TPSA) is 15.7 Å². The van der Waals surface area contributed by atoms with Crippen LogP contribution in [0.1, 0.15) is 116 Å². The summed E-state index contributed by atoms with van der Waals surface area (Å²) in [5, 5.41) is 0. The van der Waals surface area contributed by atoms with Crippen molar-refractivity contribution < 1.29 is 4.74 Å². The van der Waals surface area contributed by atoms with Gasteiger partial charge < -0.3 is 14.5 Å². The van der Waals surface area contributed by atoms with Crippen LogP contribution >= 0.6 is 24.0 Å². The average molecular weight is 523 g/mol. The smallest absolute Gasteiger partial charge is 0.0890 e. The van der Waals surface area contributed by atoms with Crippen molar-refractivity contribution >= 4 is 24.0 Å². The molecule has 0 saturated heterocycles. The predicted octanol–water partition coefficient (Wildman–Crippen LogP) is 7.95. The zero-order valence-corrected chi connectivity index (χ0v) is 22.0. The second-order valence-corrected chi connectivity index (χ2v) is 8.78. The zero-order valence-electron chi connectivity index (χ0n) is 19.7. The molecule has 1 aliphatic heterocycles. The first-order chi connectivity index (χ1) is 13.8. The van der Waals surface area contributed by atoms with Crippen LogP contribution in [0.15, 0.2) is 12.4 Å². The molecule has 4 heteroatoms. The van der Waals surface area contributed by atoms with E-state index in [1.54, 1.807) is 0 Å². The number of hydrogen-bond acceptors (Lipinski definition) is 3. The lowest BCUT2D eigenvalue weighted by Gasteiger charge is -2.17. The minimum absolute atomic E-state index is 0. The van der Waals surface area contributed by atoms with Gasteiger partial charge in [-0.05, 0) is 12.8 Å². The summed E-state index contributed by atoms with van der Waals surface area (Å²) in [4.78, 5) is 4.55. The molecule has 0 aliphatic carbocycles. The van der Waals surface area contributed by atoms with Crippen molar-refractivity contribution in [3.8, 4) is 0 Å². The van der Waals surface area contributed by atoms with Gasteiger partial charge >= 0.3 is 0 Å². The standard InChI is InChI=1S/C25H50N2O.HI/c1-3-4-5-6-7-8-9-10-11-12-13-14-15-16-17-18-23-28-24-19-20-27-22-21-26(2)25-27;/h21-22H,3-20,23-25H2,1-2H3;1H. The SMILES string of the molecule is CCCCCCCCCCCCCCCCCCOCCCN1C=CN(C)C1.I. The lowest BCUT2D eigenvalue weighted by molar-refractivity contribution is 0.120. The van der Waals surface area contributed by atoms with Gasteiger partial charge in [-0.15, -0.1) is 24.0 Å². The highest BCUT2D eigenvalue weighted by Crippen LogP contribution is 2.13. The quantitative estimate of drug-likeness (QED) is 0.112. The third-order valence-corrected chi connectivity index (χ3v) is 5.81. The van der Waals surface area contributed by atoms with E-state index in [-0.39, 0.29) is 24.0 Å². The van der Waals surface area contributed by atoms with Crippen LogP contribution in [0.4, 0.5) is 0 Å². The van der Waals surface area contributed by atoms with Gasteiger partial charge in [-0.3, -0.25) is 0 Å². The molecule has 0 aromatic carbocycles. The van der Waals surface area contributed by atoms with Crippen LogP contribution in [0.2, 0.25) is 0 Å². The number of halogens is 1. The van der Waals surface area contributed by atoms with Crippen molar-refractivity contribution in [3.05, 3.63) is 12.4 Å².